The molecule has 0 aromatic carbocycles. The van der Waals surface area contributed by atoms with E-state index in [1.165, 1.54) is 0 Å². The molecule has 2 atom stereocenters. The molecule has 7 heteroatoms. The number of carbonyl (C=O) groups is 1. The van der Waals surface area contributed by atoms with Crippen molar-refractivity contribution in [3.63, 3.8) is 0 Å². The van der Waals surface area contributed by atoms with E-state index in [1.54, 1.807) is 16.9 Å². The second kappa shape index (κ2) is 6.16. The minimum atomic E-state index is -0.0739. The molecule has 3 aromatic rings. The molecule has 1 amide bonds. The first-order chi connectivity index (χ1) is 12.1. The van der Waals surface area contributed by atoms with Crippen LogP contribution in [0.1, 0.15) is 12.7 Å². The summed E-state index contributed by atoms with van der Waals surface area (Å²) in [5, 5.41) is 7.30. The van der Waals surface area contributed by atoms with Crippen molar-refractivity contribution in [3.8, 4) is 0 Å². The Labute approximate surface area is 145 Å². The quantitative estimate of drug-likeness (QED) is 0.793. The Morgan fingerprint density at radius 2 is 2.12 bits per heavy atom. The van der Waals surface area contributed by atoms with Crippen LogP contribution in [0.3, 0.4) is 0 Å². The number of fused-ring (bicyclic) bond motifs is 1. The Kier molecular flexibility index (Phi) is 3.83. The van der Waals surface area contributed by atoms with Crippen LogP contribution in [-0.2, 0) is 4.79 Å². The molecule has 1 aliphatic rings. The molecule has 1 N–H and O–H groups in total. The highest BCUT2D eigenvalue weighted by Gasteiger charge is 2.35. The molecule has 128 valence electrons. The Morgan fingerprint density at radius 1 is 1.24 bits per heavy atom. The third-order valence-corrected chi connectivity index (χ3v) is 4.63. The number of carbonyl (C=O) groups excluding carboxylic acids is 1. The first-order valence-corrected chi connectivity index (χ1v) is 8.40. The van der Waals surface area contributed by atoms with E-state index in [9.17, 15) is 4.79 Å². The van der Waals surface area contributed by atoms with Crippen LogP contribution in [0.2, 0.25) is 0 Å². The van der Waals surface area contributed by atoms with E-state index in [1.807, 2.05) is 37.3 Å². The molecule has 7 nitrogen and oxygen atoms in total. The van der Waals surface area contributed by atoms with Crippen LogP contribution in [0.4, 0.5) is 11.5 Å². The summed E-state index contributed by atoms with van der Waals surface area (Å²) in [6.07, 6.45) is 3.58. The number of nitrogens with zero attached hydrogens (tertiary/aromatic N) is 5. The summed E-state index contributed by atoms with van der Waals surface area (Å²) in [7, 11) is 0. The lowest BCUT2D eigenvalue weighted by Gasteiger charge is -2.17. The summed E-state index contributed by atoms with van der Waals surface area (Å²) in [5.74, 6) is 1.85. The molecule has 4 heterocycles. The summed E-state index contributed by atoms with van der Waals surface area (Å²) in [4.78, 5) is 23.6. The third kappa shape index (κ3) is 3.05. The smallest absolute Gasteiger partial charge is 0.229 e. The molecule has 3 aromatic heterocycles. The van der Waals surface area contributed by atoms with Crippen LogP contribution < -0.4 is 10.2 Å². The molecule has 25 heavy (non-hydrogen) atoms. The SMILES string of the molecule is Cc1nc2ccc(NC(=O)[C@@H]3CN(c4ccccn4)C[C@H]3C)cn2n1. The van der Waals surface area contributed by atoms with Gasteiger partial charge in [-0.15, -0.1) is 0 Å². The third-order valence-electron chi connectivity index (χ3n) is 4.63. The predicted molar refractivity (Wildman–Crippen MR) is 95.5 cm³/mol. The summed E-state index contributed by atoms with van der Waals surface area (Å²) in [6.45, 7) is 5.46. The average molecular weight is 336 g/mol. The van der Waals surface area contributed by atoms with Gasteiger partial charge in [-0.05, 0) is 37.1 Å². The molecule has 1 fully saturated rings. The van der Waals surface area contributed by atoms with Gasteiger partial charge in [0.25, 0.3) is 0 Å². The van der Waals surface area contributed by atoms with Gasteiger partial charge in [0.15, 0.2) is 5.65 Å². The highest BCUT2D eigenvalue weighted by atomic mass is 16.2. The van der Waals surface area contributed by atoms with Gasteiger partial charge in [-0.25, -0.2) is 14.5 Å². The van der Waals surface area contributed by atoms with Gasteiger partial charge in [0.1, 0.15) is 11.6 Å². The first kappa shape index (κ1) is 15.6. The second-order valence-electron chi connectivity index (χ2n) is 6.55. The van der Waals surface area contributed by atoms with E-state index in [0.29, 0.717) is 12.4 Å². The molecular weight excluding hydrogens is 316 g/mol. The number of hydrogen-bond donors (Lipinski definition) is 1. The maximum atomic E-state index is 12.7. The lowest BCUT2D eigenvalue weighted by molar-refractivity contribution is -0.120. The van der Waals surface area contributed by atoms with Crippen LogP contribution in [0.15, 0.2) is 42.7 Å². The van der Waals surface area contributed by atoms with E-state index >= 15 is 0 Å². The van der Waals surface area contributed by atoms with Crippen molar-refractivity contribution in [1.29, 1.82) is 0 Å². The Morgan fingerprint density at radius 3 is 2.92 bits per heavy atom. The number of aryl methyl sites for hydroxylation is 1. The first-order valence-electron chi connectivity index (χ1n) is 8.40. The summed E-state index contributed by atoms with van der Waals surface area (Å²) in [6, 6.07) is 9.56. The standard InChI is InChI=1S/C18H20N6O/c1-12-9-23(16-5-3-4-8-19-16)11-15(12)18(25)21-14-6-7-17-20-13(2)22-24(17)10-14/h3-8,10,12,15H,9,11H2,1-2H3,(H,21,25)/t12-,15-/m1/s1. The van der Waals surface area contributed by atoms with Crippen LogP contribution in [0.5, 0.6) is 0 Å². The monoisotopic (exact) mass is 336 g/mol. The van der Waals surface area contributed by atoms with E-state index in [0.717, 1.165) is 23.7 Å². The zero-order chi connectivity index (χ0) is 17.4. The lowest BCUT2D eigenvalue weighted by atomic mass is 9.97. The van der Waals surface area contributed by atoms with Gasteiger partial charge in [0, 0.05) is 19.3 Å². The van der Waals surface area contributed by atoms with E-state index in [2.05, 4.69) is 32.2 Å². The number of anilines is 2. The van der Waals surface area contributed by atoms with Crippen LogP contribution >= 0.6 is 0 Å². The minimum Gasteiger partial charge on any atom is -0.356 e. The summed E-state index contributed by atoms with van der Waals surface area (Å²) >= 11 is 0. The van der Waals surface area contributed by atoms with Crippen molar-refractivity contribution in [1.82, 2.24) is 19.6 Å². The van der Waals surface area contributed by atoms with Gasteiger partial charge in [-0.3, -0.25) is 4.79 Å². The lowest BCUT2D eigenvalue weighted by Crippen LogP contribution is -2.29. The van der Waals surface area contributed by atoms with Gasteiger partial charge >= 0.3 is 0 Å². The zero-order valence-electron chi connectivity index (χ0n) is 14.3. The number of pyridine rings is 2. The molecule has 4 rings (SSSR count). The normalized spacial score (nSPS) is 20.2. The molecule has 1 aliphatic heterocycles. The van der Waals surface area contributed by atoms with Crippen LogP contribution in [-0.4, -0.2) is 38.6 Å². The summed E-state index contributed by atoms with van der Waals surface area (Å²) in [5.41, 5.74) is 1.50. The zero-order valence-corrected chi connectivity index (χ0v) is 14.3. The maximum absolute atomic E-state index is 12.7. The molecule has 1 saturated heterocycles. The Bertz CT molecular complexity index is 906. The maximum Gasteiger partial charge on any atom is 0.229 e. The van der Waals surface area contributed by atoms with Crippen molar-refractivity contribution in [2.24, 2.45) is 11.8 Å². The van der Waals surface area contributed by atoms with Crippen LogP contribution in [0.25, 0.3) is 5.65 Å². The average Bonchev–Trinajstić information content (AvgIpc) is 3.17. The van der Waals surface area contributed by atoms with Crippen molar-refractivity contribution in [2.45, 2.75) is 13.8 Å². The molecule has 0 aliphatic carbocycles. The fourth-order valence-corrected chi connectivity index (χ4v) is 3.34. The fourth-order valence-electron chi connectivity index (χ4n) is 3.34. The van der Waals surface area contributed by atoms with Crippen molar-refractivity contribution < 1.29 is 4.79 Å². The number of amides is 1. The van der Waals surface area contributed by atoms with E-state index in [-0.39, 0.29) is 17.7 Å². The summed E-state index contributed by atoms with van der Waals surface area (Å²) < 4.78 is 1.68. The van der Waals surface area contributed by atoms with Crippen molar-refractivity contribution in [2.75, 3.05) is 23.3 Å². The molecular formula is C18H20N6O. The largest absolute Gasteiger partial charge is 0.356 e. The second-order valence-corrected chi connectivity index (χ2v) is 6.55. The number of nitrogens with one attached hydrogen (secondary N) is 1. The molecule has 0 unspecified atom stereocenters. The number of hydrogen-bond acceptors (Lipinski definition) is 5. The molecule has 0 radical (unpaired) electrons. The number of aromatic nitrogens is 4. The van der Waals surface area contributed by atoms with Gasteiger partial charge in [-0.2, -0.15) is 5.10 Å². The van der Waals surface area contributed by atoms with Gasteiger partial charge in [-0.1, -0.05) is 13.0 Å². The van der Waals surface area contributed by atoms with E-state index in [4.69, 9.17) is 0 Å². The Balaban J connectivity index is 1.48. The van der Waals surface area contributed by atoms with Gasteiger partial charge < -0.3 is 10.2 Å². The predicted octanol–water partition coefficient (Wildman–Crippen LogP) is 2.14. The van der Waals surface area contributed by atoms with Crippen molar-refractivity contribution in [3.05, 3.63) is 48.5 Å². The number of rotatable bonds is 3. The Hall–Kier alpha value is -2.96. The van der Waals surface area contributed by atoms with E-state index < -0.39 is 0 Å². The fraction of sp³-hybridized carbons (Fsp3) is 0.333. The highest BCUT2D eigenvalue weighted by molar-refractivity contribution is 5.93. The van der Waals surface area contributed by atoms with Gasteiger partial charge in [0.2, 0.25) is 5.91 Å². The molecule has 0 spiro atoms. The van der Waals surface area contributed by atoms with Gasteiger partial charge in [0.05, 0.1) is 17.8 Å². The highest BCUT2D eigenvalue weighted by Crippen LogP contribution is 2.27. The topological polar surface area (TPSA) is 75.4 Å². The minimum absolute atomic E-state index is 0.0297. The van der Waals surface area contributed by atoms with Crippen molar-refractivity contribution >= 4 is 23.1 Å². The molecule has 0 bridgehead atoms. The molecule has 0 saturated carbocycles. The van der Waals surface area contributed by atoms with Crippen LogP contribution in [0, 0.1) is 18.8 Å².